The third-order valence-electron chi connectivity index (χ3n) is 4.08. The molecule has 2 aliphatic heterocycles. The molecule has 0 unspecified atom stereocenters. The standard InChI is InChI=1S/C17H21ClN2O4/c1-16(2,3)23-14(21)20-13-6-5-11(18)9-12(13)17(24-15(20)22)7-4-8-19-10-17/h5-6,9,19H,4,7-8,10H2,1-3H3/t17-/m0/s1. The van der Waals surface area contributed by atoms with Crippen LogP contribution in [0.15, 0.2) is 18.2 Å². The molecule has 24 heavy (non-hydrogen) atoms. The van der Waals surface area contributed by atoms with E-state index >= 15 is 0 Å². The third kappa shape index (κ3) is 3.08. The van der Waals surface area contributed by atoms with Crippen molar-refractivity contribution in [3.05, 3.63) is 28.8 Å². The molecule has 0 bridgehead atoms. The van der Waals surface area contributed by atoms with Gasteiger partial charge in [0.05, 0.1) is 5.69 Å². The number of anilines is 1. The van der Waals surface area contributed by atoms with Crippen LogP contribution in [-0.4, -0.2) is 30.9 Å². The first-order chi connectivity index (χ1) is 11.2. The van der Waals surface area contributed by atoms with Gasteiger partial charge in [0.1, 0.15) is 5.60 Å². The van der Waals surface area contributed by atoms with Crippen molar-refractivity contribution in [3.8, 4) is 0 Å². The van der Waals surface area contributed by atoms with Gasteiger partial charge in [0, 0.05) is 17.1 Å². The van der Waals surface area contributed by atoms with Crippen LogP contribution in [0, 0.1) is 0 Å². The molecule has 2 amide bonds. The zero-order valence-electron chi connectivity index (χ0n) is 14.0. The molecule has 1 atom stereocenters. The number of rotatable bonds is 0. The first-order valence-electron chi connectivity index (χ1n) is 7.99. The monoisotopic (exact) mass is 352 g/mol. The lowest BCUT2D eigenvalue weighted by Gasteiger charge is -2.44. The normalized spacial score (nSPS) is 23.7. The minimum atomic E-state index is -0.798. The molecule has 7 heteroatoms. The van der Waals surface area contributed by atoms with Crippen LogP contribution in [0.2, 0.25) is 5.02 Å². The highest BCUT2D eigenvalue weighted by molar-refractivity contribution is 6.31. The third-order valence-corrected chi connectivity index (χ3v) is 4.31. The summed E-state index contributed by atoms with van der Waals surface area (Å²) in [6.07, 6.45) is 0.0740. The Hall–Kier alpha value is -1.79. The summed E-state index contributed by atoms with van der Waals surface area (Å²) in [6.45, 7) is 6.60. The van der Waals surface area contributed by atoms with Crippen LogP contribution in [0.5, 0.6) is 0 Å². The van der Waals surface area contributed by atoms with Gasteiger partial charge < -0.3 is 14.8 Å². The predicted octanol–water partition coefficient (Wildman–Crippen LogP) is 3.81. The topological polar surface area (TPSA) is 67.9 Å². The van der Waals surface area contributed by atoms with E-state index < -0.39 is 23.4 Å². The lowest BCUT2D eigenvalue weighted by Crippen LogP contribution is -2.55. The van der Waals surface area contributed by atoms with Crippen molar-refractivity contribution in [1.29, 1.82) is 0 Å². The average molecular weight is 353 g/mol. The summed E-state index contributed by atoms with van der Waals surface area (Å²) in [5.74, 6) is 0. The molecule has 1 aromatic rings. The maximum atomic E-state index is 12.6. The Bertz CT molecular complexity index is 678. The number of fused-ring (bicyclic) bond motifs is 2. The Kier molecular flexibility index (Phi) is 4.21. The summed E-state index contributed by atoms with van der Waals surface area (Å²) < 4.78 is 11.1. The summed E-state index contributed by atoms with van der Waals surface area (Å²) in [4.78, 5) is 26.0. The molecule has 1 fully saturated rings. The van der Waals surface area contributed by atoms with Crippen molar-refractivity contribution >= 4 is 29.5 Å². The van der Waals surface area contributed by atoms with Gasteiger partial charge in [-0.1, -0.05) is 11.6 Å². The molecule has 1 N–H and O–H groups in total. The molecule has 0 saturated carbocycles. The van der Waals surface area contributed by atoms with Crippen LogP contribution in [-0.2, 0) is 15.1 Å². The zero-order chi connectivity index (χ0) is 17.5. The lowest BCUT2D eigenvalue weighted by molar-refractivity contribution is -0.0145. The van der Waals surface area contributed by atoms with E-state index in [1.165, 1.54) is 0 Å². The van der Waals surface area contributed by atoms with Crippen molar-refractivity contribution in [2.24, 2.45) is 0 Å². The molecule has 2 aliphatic rings. The molecule has 1 spiro atoms. The van der Waals surface area contributed by atoms with Crippen LogP contribution in [0.3, 0.4) is 0 Å². The van der Waals surface area contributed by atoms with Crippen molar-refractivity contribution < 1.29 is 19.1 Å². The fourth-order valence-corrected chi connectivity index (χ4v) is 3.28. The molecule has 6 nitrogen and oxygen atoms in total. The van der Waals surface area contributed by atoms with E-state index in [1.54, 1.807) is 39.0 Å². The number of amides is 2. The molecule has 0 aliphatic carbocycles. The van der Waals surface area contributed by atoms with Gasteiger partial charge in [-0.2, -0.15) is 4.90 Å². The van der Waals surface area contributed by atoms with Crippen molar-refractivity contribution in [3.63, 3.8) is 0 Å². The van der Waals surface area contributed by atoms with Gasteiger partial charge in [-0.05, 0) is 58.4 Å². The number of hydrogen-bond acceptors (Lipinski definition) is 5. The zero-order valence-corrected chi connectivity index (χ0v) is 14.8. The Morgan fingerprint density at radius 2 is 2.17 bits per heavy atom. The van der Waals surface area contributed by atoms with Gasteiger partial charge in [0.25, 0.3) is 0 Å². The predicted molar refractivity (Wildman–Crippen MR) is 90.4 cm³/mol. The van der Waals surface area contributed by atoms with E-state index in [-0.39, 0.29) is 0 Å². The van der Waals surface area contributed by atoms with E-state index in [2.05, 4.69) is 5.32 Å². The van der Waals surface area contributed by atoms with Gasteiger partial charge in [0.15, 0.2) is 5.60 Å². The smallest absolute Gasteiger partial charge is 0.424 e. The molecule has 0 aromatic heterocycles. The molecule has 1 saturated heterocycles. The molecular weight excluding hydrogens is 332 g/mol. The lowest BCUT2D eigenvalue weighted by atomic mass is 9.84. The van der Waals surface area contributed by atoms with Gasteiger partial charge in [0.2, 0.25) is 0 Å². The van der Waals surface area contributed by atoms with Crippen molar-refractivity contribution in [1.82, 2.24) is 5.32 Å². The number of carbonyl (C=O) groups excluding carboxylic acids is 2. The summed E-state index contributed by atoms with van der Waals surface area (Å²) in [5.41, 5.74) is -0.319. The van der Waals surface area contributed by atoms with E-state index in [9.17, 15) is 9.59 Å². The SMILES string of the molecule is CC(C)(C)OC(=O)N1C(=O)O[C@]2(CCCNC2)c2cc(Cl)ccc21. The van der Waals surface area contributed by atoms with Gasteiger partial charge >= 0.3 is 12.2 Å². The highest BCUT2D eigenvalue weighted by Crippen LogP contribution is 2.44. The molecule has 3 rings (SSSR count). The minimum absolute atomic E-state index is 0.466. The molecule has 1 aromatic carbocycles. The van der Waals surface area contributed by atoms with Crippen LogP contribution in [0.25, 0.3) is 0 Å². The molecule has 0 radical (unpaired) electrons. The summed E-state index contributed by atoms with van der Waals surface area (Å²) in [5, 5.41) is 3.78. The van der Waals surface area contributed by atoms with Crippen LogP contribution < -0.4 is 10.2 Å². The van der Waals surface area contributed by atoms with Gasteiger partial charge in [-0.3, -0.25) is 0 Å². The minimum Gasteiger partial charge on any atom is -0.443 e. The number of benzene rings is 1. The molecule has 130 valence electrons. The van der Waals surface area contributed by atoms with Crippen LogP contribution >= 0.6 is 11.6 Å². The maximum absolute atomic E-state index is 12.6. The fraction of sp³-hybridized carbons (Fsp3) is 0.529. The highest BCUT2D eigenvalue weighted by Gasteiger charge is 2.48. The quantitative estimate of drug-likeness (QED) is 0.769. The molecule has 2 heterocycles. The maximum Gasteiger partial charge on any atom is 0.424 e. The second-order valence-corrected chi connectivity index (χ2v) is 7.56. The van der Waals surface area contributed by atoms with E-state index in [1.807, 2.05) is 0 Å². The summed E-state index contributed by atoms with van der Waals surface area (Å²) in [6, 6.07) is 5.08. The highest BCUT2D eigenvalue weighted by atomic mass is 35.5. The average Bonchev–Trinajstić information content (AvgIpc) is 2.47. The van der Waals surface area contributed by atoms with Crippen LogP contribution in [0.4, 0.5) is 15.3 Å². The first-order valence-corrected chi connectivity index (χ1v) is 8.36. The Balaban J connectivity index is 2.05. The van der Waals surface area contributed by atoms with E-state index in [4.69, 9.17) is 21.1 Å². The Morgan fingerprint density at radius 3 is 2.79 bits per heavy atom. The number of piperidine rings is 1. The van der Waals surface area contributed by atoms with Crippen molar-refractivity contribution in [2.45, 2.75) is 44.8 Å². The number of nitrogens with zero attached hydrogens (tertiary/aromatic N) is 1. The van der Waals surface area contributed by atoms with Crippen molar-refractivity contribution in [2.75, 3.05) is 18.0 Å². The Morgan fingerprint density at radius 1 is 1.42 bits per heavy atom. The van der Waals surface area contributed by atoms with Gasteiger partial charge in [-0.25, -0.2) is 9.59 Å². The number of ether oxygens (including phenoxy) is 2. The first kappa shape index (κ1) is 17.0. The summed E-state index contributed by atoms with van der Waals surface area (Å²) in [7, 11) is 0. The Labute approximate surface area is 146 Å². The number of halogens is 1. The van der Waals surface area contributed by atoms with E-state index in [0.717, 1.165) is 23.4 Å². The second-order valence-electron chi connectivity index (χ2n) is 7.12. The number of carbonyl (C=O) groups is 2. The second kappa shape index (κ2) is 5.93. The van der Waals surface area contributed by atoms with Gasteiger partial charge in [-0.15, -0.1) is 0 Å². The largest absolute Gasteiger partial charge is 0.443 e. The fourth-order valence-electron chi connectivity index (χ4n) is 3.11. The van der Waals surface area contributed by atoms with E-state index in [0.29, 0.717) is 23.7 Å². The summed E-state index contributed by atoms with van der Waals surface area (Å²) >= 11 is 6.15. The molecular formula is C17H21ClN2O4. The number of hydrogen-bond donors (Lipinski definition) is 1. The number of nitrogens with one attached hydrogen (secondary N) is 1. The van der Waals surface area contributed by atoms with Crippen LogP contribution in [0.1, 0.15) is 39.2 Å². The number of imide groups is 1.